The van der Waals surface area contributed by atoms with Crippen LogP contribution in [0.1, 0.15) is 28.4 Å². The summed E-state index contributed by atoms with van der Waals surface area (Å²) in [7, 11) is 0. The van der Waals surface area contributed by atoms with Gasteiger partial charge in [-0.05, 0) is 49.7 Å². The molecule has 132 valence electrons. The van der Waals surface area contributed by atoms with Crippen LogP contribution in [0.5, 0.6) is 0 Å². The van der Waals surface area contributed by atoms with Crippen molar-refractivity contribution in [3.63, 3.8) is 0 Å². The van der Waals surface area contributed by atoms with Gasteiger partial charge in [-0.25, -0.2) is 0 Å². The summed E-state index contributed by atoms with van der Waals surface area (Å²) in [6.07, 6.45) is 3.47. The molecule has 0 atom stereocenters. The van der Waals surface area contributed by atoms with E-state index in [9.17, 15) is 4.79 Å². The number of piperazine rings is 1. The molecule has 0 radical (unpaired) electrons. The maximum Gasteiger partial charge on any atom is 0.257 e. The molecule has 0 unspecified atom stereocenters. The molecule has 1 saturated heterocycles. The molecule has 1 N–H and O–H groups in total. The molecule has 0 spiro atoms. The van der Waals surface area contributed by atoms with Crippen molar-refractivity contribution in [2.24, 2.45) is 0 Å². The van der Waals surface area contributed by atoms with E-state index in [1.165, 1.54) is 0 Å². The number of rotatable bonds is 4. The molecule has 1 aliphatic rings. The lowest BCUT2D eigenvalue weighted by atomic mass is 10.1. The number of likely N-dealkylation sites (N-methyl/N-ethyl adjacent to an activating group) is 1. The quantitative estimate of drug-likeness (QED) is 0.931. The maximum atomic E-state index is 12.6. The molecule has 1 aromatic carbocycles. The highest BCUT2D eigenvalue weighted by Crippen LogP contribution is 2.19. The van der Waals surface area contributed by atoms with Gasteiger partial charge in [0.25, 0.3) is 5.91 Å². The third-order valence-electron chi connectivity index (χ3n) is 4.65. The molecule has 0 saturated carbocycles. The average molecular weight is 338 g/mol. The number of pyridine rings is 1. The second kappa shape index (κ2) is 7.66. The fourth-order valence-electron chi connectivity index (χ4n) is 3.30. The Morgan fingerprint density at radius 1 is 1.04 bits per heavy atom. The Bertz CT molecular complexity index is 731. The first-order chi connectivity index (χ1) is 12.0. The van der Waals surface area contributed by atoms with Gasteiger partial charge in [-0.15, -0.1) is 0 Å². The standard InChI is InChI=1S/C20H26N4O/c1-4-23-5-7-24(8-6-23)19-12-17(13-21-14-19)20(25)22-18-10-15(2)9-16(3)11-18/h9-14H,4-8H2,1-3H3,(H,22,25). The molecule has 3 rings (SSSR count). The predicted molar refractivity (Wildman–Crippen MR) is 102 cm³/mol. The van der Waals surface area contributed by atoms with Crippen molar-refractivity contribution >= 4 is 17.3 Å². The number of anilines is 2. The van der Waals surface area contributed by atoms with E-state index in [1.54, 1.807) is 6.20 Å². The monoisotopic (exact) mass is 338 g/mol. The number of benzene rings is 1. The number of carbonyl (C=O) groups is 1. The van der Waals surface area contributed by atoms with Gasteiger partial charge in [0.05, 0.1) is 17.4 Å². The molecule has 2 heterocycles. The number of aryl methyl sites for hydroxylation is 2. The molecule has 1 aliphatic heterocycles. The molecular formula is C20H26N4O. The lowest BCUT2D eigenvalue weighted by molar-refractivity contribution is 0.102. The summed E-state index contributed by atoms with van der Waals surface area (Å²) in [4.78, 5) is 21.6. The van der Waals surface area contributed by atoms with Crippen LogP contribution >= 0.6 is 0 Å². The fraction of sp³-hybridized carbons (Fsp3) is 0.400. The van der Waals surface area contributed by atoms with Gasteiger partial charge in [0.2, 0.25) is 0 Å². The zero-order valence-electron chi connectivity index (χ0n) is 15.2. The molecule has 1 aromatic heterocycles. The molecule has 1 amide bonds. The summed E-state index contributed by atoms with van der Waals surface area (Å²) in [6, 6.07) is 7.98. The Hall–Kier alpha value is -2.40. The number of nitrogens with one attached hydrogen (secondary N) is 1. The smallest absolute Gasteiger partial charge is 0.257 e. The van der Waals surface area contributed by atoms with Crippen LogP contribution in [0.2, 0.25) is 0 Å². The molecular weight excluding hydrogens is 312 g/mol. The highest BCUT2D eigenvalue weighted by Gasteiger charge is 2.17. The second-order valence-corrected chi connectivity index (χ2v) is 6.68. The van der Waals surface area contributed by atoms with Gasteiger partial charge >= 0.3 is 0 Å². The number of hydrogen-bond acceptors (Lipinski definition) is 4. The SMILES string of the molecule is CCN1CCN(c2cncc(C(=O)Nc3cc(C)cc(C)c3)c2)CC1. The zero-order chi connectivity index (χ0) is 17.8. The minimum atomic E-state index is -0.119. The van der Waals surface area contributed by atoms with Crippen molar-refractivity contribution in [3.8, 4) is 0 Å². The Balaban J connectivity index is 1.71. The first-order valence-corrected chi connectivity index (χ1v) is 8.87. The average Bonchev–Trinajstić information content (AvgIpc) is 2.61. The van der Waals surface area contributed by atoms with Crippen molar-refractivity contribution in [3.05, 3.63) is 53.3 Å². The molecule has 0 aliphatic carbocycles. The van der Waals surface area contributed by atoms with Crippen molar-refractivity contribution in [1.29, 1.82) is 0 Å². The van der Waals surface area contributed by atoms with E-state index in [2.05, 4.69) is 33.1 Å². The van der Waals surface area contributed by atoms with E-state index in [4.69, 9.17) is 0 Å². The van der Waals surface area contributed by atoms with Crippen LogP contribution in [0.25, 0.3) is 0 Å². The van der Waals surface area contributed by atoms with Crippen molar-refractivity contribution in [2.75, 3.05) is 42.9 Å². The topological polar surface area (TPSA) is 48.5 Å². The predicted octanol–water partition coefficient (Wildman–Crippen LogP) is 3.09. The Labute approximate surface area is 149 Å². The Kier molecular flexibility index (Phi) is 5.34. The van der Waals surface area contributed by atoms with Gasteiger partial charge in [0.1, 0.15) is 0 Å². The van der Waals surface area contributed by atoms with Crippen LogP contribution in [0.15, 0.2) is 36.7 Å². The van der Waals surface area contributed by atoms with Crippen LogP contribution in [0.3, 0.4) is 0 Å². The number of nitrogens with zero attached hydrogens (tertiary/aromatic N) is 3. The largest absolute Gasteiger partial charge is 0.368 e. The van der Waals surface area contributed by atoms with Crippen molar-refractivity contribution in [1.82, 2.24) is 9.88 Å². The fourth-order valence-corrected chi connectivity index (χ4v) is 3.30. The minimum absolute atomic E-state index is 0.119. The first kappa shape index (κ1) is 17.4. The summed E-state index contributed by atoms with van der Waals surface area (Å²) in [5.41, 5.74) is 4.70. The van der Waals surface area contributed by atoms with Crippen molar-refractivity contribution < 1.29 is 4.79 Å². The summed E-state index contributed by atoms with van der Waals surface area (Å²) in [5, 5.41) is 2.98. The van der Waals surface area contributed by atoms with Crippen LogP contribution in [-0.4, -0.2) is 48.5 Å². The normalized spacial score (nSPS) is 15.2. The lowest BCUT2D eigenvalue weighted by Gasteiger charge is -2.35. The van der Waals surface area contributed by atoms with Gasteiger partial charge in [0, 0.05) is 38.1 Å². The van der Waals surface area contributed by atoms with Crippen LogP contribution < -0.4 is 10.2 Å². The van der Waals surface area contributed by atoms with Gasteiger partial charge < -0.3 is 15.1 Å². The van der Waals surface area contributed by atoms with E-state index >= 15 is 0 Å². The van der Waals surface area contributed by atoms with E-state index in [-0.39, 0.29) is 5.91 Å². The molecule has 0 bridgehead atoms. The number of amides is 1. The minimum Gasteiger partial charge on any atom is -0.368 e. The highest BCUT2D eigenvalue weighted by molar-refractivity contribution is 6.04. The van der Waals surface area contributed by atoms with E-state index in [0.29, 0.717) is 5.56 Å². The summed E-state index contributed by atoms with van der Waals surface area (Å²) < 4.78 is 0. The lowest BCUT2D eigenvalue weighted by Crippen LogP contribution is -2.46. The van der Waals surface area contributed by atoms with Crippen LogP contribution in [-0.2, 0) is 0 Å². The van der Waals surface area contributed by atoms with Gasteiger partial charge in [-0.1, -0.05) is 13.0 Å². The third kappa shape index (κ3) is 4.37. The van der Waals surface area contributed by atoms with Gasteiger partial charge in [0.15, 0.2) is 0 Å². The Morgan fingerprint density at radius 2 is 1.72 bits per heavy atom. The maximum absolute atomic E-state index is 12.6. The van der Waals surface area contributed by atoms with Crippen molar-refractivity contribution in [2.45, 2.75) is 20.8 Å². The zero-order valence-corrected chi connectivity index (χ0v) is 15.2. The summed E-state index contributed by atoms with van der Waals surface area (Å²) in [6.45, 7) is 11.4. The highest BCUT2D eigenvalue weighted by atomic mass is 16.1. The van der Waals surface area contributed by atoms with E-state index < -0.39 is 0 Å². The van der Waals surface area contributed by atoms with E-state index in [1.807, 2.05) is 38.2 Å². The number of aromatic nitrogens is 1. The van der Waals surface area contributed by atoms with Gasteiger partial charge in [-0.2, -0.15) is 0 Å². The summed E-state index contributed by atoms with van der Waals surface area (Å²) in [5.74, 6) is -0.119. The van der Waals surface area contributed by atoms with E-state index in [0.717, 1.165) is 55.2 Å². The van der Waals surface area contributed by atoms with Gasteiger partial charge in [-0.3, -0.25) is 9.78 Å². The van der Waals surface area contributed by atoms with Crippen LogP contribution in [0.4, 0.5) is 11.4 Å². The molecule has 2 aromatic rings. The number of hydrogen-bond donors (Lipinski definition) is 1. The Morgan fingerprint density at radius 3 is 2.36 bits per heavy atom. The first-order valence-electron chi connectivity index (χ1n) is 8.87. The second-order valence-electron chi connectivity index (χ2n) is 6.68. The van der Waals surface area contributed by atoms with Crippen LogP contribution in [0, 0.1) is 13.8 Å². The molecule has 5 heteroatoms. The molecule has 25 heavy (non-hydrogen) atoms. The molecule has 5 nitrogen and oxygen atoms in total. The summed E-state index contributed by atoms with van der Waals surface area (Å²) >= 11 is 0. The number of carbonyl (C=O) groups excluding carboxylic acids is 1. The third-order valence-corrected chi connectivity index (χ3v) is 4.65. The molecule has 1 fully saturated rings.